The molecule has 1 aromatic rings. The fourth-order valence-electron chi connectivity index (χ4n) is 4.47. The van der Waals surface area contributed by atoms with Crippen LogP contribution in [0.3, 0.4) is 0 Å². The predicted octanol–water partition coefficient (Wildman–Crippen LogP) is 2.52. The van der Waals surface area contributed by atoms with E-state index in [1.165, 1.54) is 32.1 Å². The lowest BCUT2D eigenvalue weighted by molar-refractivity contribution is -0.232. The largest absolute Gasteiger partial charge is 0.425 e. The molecule has 19 heavy (non-hydrogen) atoms. The van der Waals surface area contributed by atoms with Gasteiger partial charge in [-0.25, -0.2) is 0 Å². The van der Waals surface area contributed by atoms with Gasteiger partial charge in [0.15, 0.2) is 0 Å². The molecular weight excluding hydrogens is 238 g/mol. The third kappa shape index (κ3) is 1.76. The lowest BCUT2D eigenvalue weighted by Gasteiger charge is -2.73. The second-order valence-corrected chi connectivity index (χ2v) is 7.34. The highest BCUT2D eigenvalue weighted by atomic mass is 16.4. The quantitative estimate of drug-likeness (QED) is 0.855. The Morgan fingerprint density at radius 2 is 2.05 bits per heavy atom. The molecule has 2 bridgehead atoms. The van der Waals surface area contributed by atoms with E-state index in [4.69, 9.17) is 4.42 Å². The minimum Gasteiger partial charge on any atom is -0.425 e. The number of hydrogen-bond acceptors (Lipinski definition) is 4. The Kier molecular flexibility index (Phi) is 2.39. The predicted molar refractivity (Wildman–Crippen MR) is 71.8 cm³/mol. The Labute approximate surface area is 114 Å². The Bertz CT molecular complexity index is 472. The van der Waals surface area contributed by atoms with Crippen molar-refractivity contribution in [2.75, 3.05) is 13.6 Å². The van der Waals surface area contributed by atoms with Crippen molar-refractivity contribution >= 4 is 0 Å². The molecule has 5 rings (SSSR count). The summed E-state index contributed by atoms with van der Waals surface area (Å²) in [6.45, 7) is 3.53. The van der Waals surface area contributed by atoms with Crippen LogP contribution in [0.25, 0.3) is 0 Å². The molecule has 4 aliphatic rings. The molecule has 104 valence electrons. The zero-order chi connectivity index (χ0) is 13.1. The maximum absolute atomic E-state index is 5.81. The molecule has 0 aromatic carbocycles. The van der Waals surface area contributed by atoms with Crippen LogP contribution in [0, 0.1) is 16.7 Å². The summed E-state index contributed by atoms with van der Waals surface area (Å²) in [4.78, 5) is 0. The van der Waals surface area contributed by atoms with Crippen LogP contribution in [-0.2, 0) is 6.42 Å². The Balaban J connectivity index is 1.36. The number of aromatic nitrogens is 2. The normalized spacial score (nSPS) is 37.6. The van der Waals surface area contributed by atoms with E-state index in [2.05, 4.69) is 29.5 Å². The van der Waals surface area contributed by atoms with E-state index in [9.17, 15) is 0 Å². The van der Waals surface area contributed by atoms with Crippen LogP contribution in [-0.4, -0.2) is 23.8 Å². The van der Waals surface area contributed by atoms with Crippen LogP contribution in [0.5, 0.6) is 0 Å². The molecule has 4 fully saturated rings. The van der Waals surface area contributed by atoms with Gasteiger partial charge in [-0.1, -0.05) is 6.92 Å². The zero-order valence-corrected chi connectivity index (χ0v) is 11.9. The summed E-state index contributed by atoms with van der Waals surface area (Å²) < 4.78 is 5.81. The smallest absolute Gasteiger partial charge is 0.219 e. The van der Waals surface area contributed by atoms with Gasteiger partial charge in [0, 0.05) is 12.3 Å². The molecule has 4 aliphatic carbocycles. The lowest BCUT2D eigenvalue weighted by atomic mass is 9.31. The second kappa shape index (κ2) is 3.81. The highest BCUT2D eigenvalue weighted by molar-refractivity contribution is 5.20. The van der Waals surface area contributed by atoms with Gasteiger partial charge in [-0.2, -0.15) is 0 Å². The summed E-state index contributed by atoms with van der Waals surface area (Å²) in [5, 5.41) is 11.7. The van der Waals surface area contributed by atoms with Gasteiger partial charge in [0.2, 0.25) is 11.8 Å². The first-order valence-electron chi connectivity index (χ1n) is 7.62. The molecule has 1 N–H and O–H groups in total. The first-order valence-corrected chi connectivity index (χ1v) is 7.62. The maximum atomic E-state index is 5.81. The van der Waals surface area contributed by atoms with Crippen molar-refractivity contribution in [3.05, 3.63) is 11.8 Å². The Morgan fingerprint density at radius 1 is 1.32 bits per heavy atom. The van der Waals surface area contributed by atoms with Crippen molar-refractivity contribution in [3.8, 4) is 0 Å². The molecule has 1 heterocycles. The van der Waals surface area contributed by atoms with Gasteiger partial charge >= 0.3 is 0 Å². The third-order valence-corrected chi connectivity index (χ3v) is 5.67. The van der Waals surface area contributed by atoms with Crippen LogP contribution < -0.4 is 5.32 Å². The minimum atomic E-state index is 0.509. The molecule has 0 saturated heterocycles. The molecule has 1 atom stereocenters. The standard InChI is InChI=1S/C15H23N3O/c1-10(6-16-2)15-7-14(8-15,9-15)5-12-17-18-13(19-12)11-3-4-11/h10-11,16H,3-9H2,1-2H3/t10-,14?,15?/m1/s1. The Hall–Kier alpha value is -0.900. The molecule has 0 spiro atoms. The van der Waals surface area contributed by atoms with E-state index in [-0.39, 0.29) is 0 Å². The van der Waals surface area contributed by atoms with Crippen molar-refractivity contribution in [3.63, 3.8) is 0 Å². The fourth-order valence-corrected chi connectivity index (χ4v) is 4.47. The van der Waals surface area contributed by atoms with Crippen LogP contribution >= 0.6 is 0 Å². The average Bonchev–Trinajstić information content (AvgIpc) is 3.02. The van der Waals surface area contributed by atoms with Gasteiger partial charge in [-0.3, -0.25) is 0 Å². The zero-order valence-electron chi connectivity index (χ0n) is 11.9. The van der Waals surface area contributed by atoms with E-state index in [0.29, 0.717) is 16.7 Å². The molecule has 0 radical (unpaired) electrons. The number of nitrogens with zero attached hydrogens (tertiary/aromatic N) is 2. The lowest BCUT2D eigenvalue weighted by Crippen LogP contribution is -2.66. The van der Waals surface area contributed by atoms with E-state index < -0.39 is 0 Å². The van der Waals surface area contributed by atoms with Gasteiger partial charge < -0.3 is 9.73 Å². The Morgan fingerprint density at radius 3 is 2.68 bits per heavy atom. The molecular formula is C15H23N3O. The van der Waals surface area contributed by atoms with Gasteiger partial charge in [-0.05, 0) is 62.4 Å². The number of rotatable bonds is 6. The van der Waals surface area contributed by atoms with Crippen molar-refractivity contribution in [2.24, 2.45) is 16.7 Å². The van der Waals surface area contributed by atoms with E-state index in [0.717, 1.165) is 30.7 Å². The number of nitrogens with one attached hydrogen (secondary N) is 1. The van der Waals surface area contributed by atoms with E-state index in [1.807, 2.05) is 0 Å². The van der Waals surface area contributed by atoms with Crippen molar-refractivity contribution in [2.45, 2.75) is 51.4 Å². The van der Waals surface area contributed by atoms with Crippen molar-refractivity contribution in [1.29, 1.82) is 0 Å². The van der Waals surface area contributed by atoms with E-state index >= 15 is 0 Å². The number of hydrogen-bond donors (Lipinski definition) is 1. The van der Waals surface area contributed by atoms with Gasteiger partial charge in [0.25, 0.3) is 0 Å². The van der Waals surface area contributed by atoms with Crippen LogP contribution in [0.15, 0.2) is 4.42 Å². The SMILES string of the molecule is CNC[C@@H](C)C12CC(Cc3nnc(C4CC4)o3)(C1)C2. The highest BCUT2D eigenvalue weighted by Gasteiger charge is 2.69. The monoisotopic (exact) mass is 261 g/mol. The molecule has 0 aliphatic heterocycles. The van der Waals surface area contributed by atoms with Crippen molar-refractivity contribution < 1.29 is 4.42 Å². The third-order valence-electron chi connectivity index (χ3n) is 5.67. The van der Waals surface area contributed by atoms with Gasteiger partial charge in [0.1, 0.15) is 0 Å². The van der Waals surface area contributed by atoms with Crippen LogP contribution in [0.1, 0.15) is 56.7 Å². The van der Waals surface area contributed by atoms with Crippen LogP contribution in [0.2, 0.25) is 0 Å². The molecule has 0 unspecified atom stereocenters. The maximum Gasteiger partial charge on any atom is 0.219 e. The summed E-state index contributed by atoms with van der Waals surface area (Å²) in [6.07, 6.45) is 7.58. The van der Waals surface area contributed by atoms with Gasteiger partial charge in [0.05, 0.1) is 0 Å². The molecule has 4 saturated carbocycles. The fraction of sp³-hybridized carbons (Fsp3) is 0.867. The minimum absolute atomic E-state index is 0.509. The summed E-state index contributed by atoms with van der Waals surface area (Å²) in [6, 6.07) is 0. The summed E-state index contributed by atoms with van der Waals surface area (Å²) in [5.74, 6) is 3.15. The summed E-state index contributed by atoms with van der Waals surface area (Å²) in [7, 11) is 2.05. The average molecular weight is 261 g/mol. The summed E-state index contributed by atoms with van der Waals surface area (Å²) in [5.41, 5.74) is 1.14. The first-order chi connectivity index (χ1) is 9.15. The van der Waals surface area contributed by atoms with E-state index in [1.54, 1.807) is 0 Å². The first kappa shape index (κ1) is 11.9. The van der Waals surface area contributed by atoms with Gasteiger partial charge in [-0.15, -0.1) is 10.2 Å². The molecule has 4 nitrogen and oxygen atoms in total. The highest BCUT2D eigenvalue weighted by Crippen LogP contribution is 2.76. The summed E-state index contributed by atoms with van der Waals surface area (Å²) >= 11 is 0. The molecule has 4 heteroatoms. The van der Waals surface area contributed by atoms with Crippen LogP contribution in [0.4, 0.5) is 0 Å². The van der Waals surface area contributed by atoms with Crippen molar-refractivity contribution in [1.82, 2.24) is 15.5 Å². The second-order valence-electron chi connectivity index (χ2n) is 7.34. The molecule has 1 aromatic heterocycles. The topological polar surface area (TPSA) is 51.0 Å². The molecule has 0 amide bonds.